The van der Waals surface area contributed by atoms with Gasteiger partial charge < -0.3 is 4.90 Å². The first kappa shape index (κ1) is 19.4. The van der Waals surface area contributed by atoms with Crippen LogP contribution in [0.25, 0.3) is 10.4 Å². The van der Waals surface area contributed by atoms with Crippen LogP contribution in [0.2, 0.25) is 0 Å². The van der Waals surface area contributed by atoms with E-state index in [9.17, 15) is 8.68 Å². The number of amides is 1. The summed E-state index contributed by atoms with van der Waals surface area (Å²) in [5.74, 6) is 0.231. The van der Waals surface area contributed by atoms with E-state index in [1.54, 1.807) is 11.3 Å². The third kappa shape index (κ3) is 4.32. The minimum atomic E-state index is 0.231. The monoisotopic (exact) mass is 391 g/mol. The van der Waals surface area contributed by atoms with E-state index >= 15 is 0 Å². The highest BCUT2D eigenvalue weighted by Crippen LogP contribution is 2.34. The van der Waals surface area contributed by atoms with Crippen LogP contribution in [-0.2, 0) is 12.8 Å². The van der Waals surface area contributed by atoms with Crippen LogP contribution in [0.4, 0.5) is 3.89 Å². The molecule has 1 saturated heterocycles. The van der Waals surface area contributed by atoms with Gasteiger partial charge in [0, 0.05) is 36.4 Å². The molecule has 2 aromatic rings. The molecule has 1 fully saturated rings. The lowest BCUT2D eigenvalue weighted by Crippen LogP contribution is -2.27. The minimum absolute atomic E-state index is 0.231. The second-order valence-corrected chi connectivity index (χ2v) is 8.33. The molecule has 2 aliphatic rings. The van der Waals surface area contributed by atoms with Crippen LogP contribution in [-0.4, -0.2) is 30.2 Å². The summed E-state index contributed by atoms with van der Waals surface area (Å²) in [6, 6.07) is 9.07. The second-order valence-electron chi connectivity index (χ2n) is 6.97. The second kappa shape index (κ2) is 9.05. The van der Waals surface area contributed by atoms with E-state index in [0.29, 0.717) is 0 Å². The number of rotatable bonds is 2. The lowest BCUT2D eigenvalue weighted by Gasteiger charge is -2.16. The van der Waals surface area contributed by atoms with E-state index in [0.717, 1.165) is 36.4 Å². The van der Waals surface area contributed by atoms with E-state index in [1.807, 2.05) is 4.90 Å². The molecule has 1 aliphatic carbocycles. The molecule has 26 heavy (non-hydrogen) atoms. The Bertz CT molecular complexity index is 765. The molecule has 1 amide bonds. The van der Waals surface area contributed by atoms with Gasteiger partial charge in [0.05, 0.1) is 4.88 Å². The average molecular weight is 392 g/mol. The van der Waals surface area contributed by atoms with Gasteiger partial charge in [-0.3, -0.25) is 4.79 Å². The summed E-state index contributed by atoms with van der Waals surface area (Å²) in [6.07, 6.45) is 8.71. The number of hydrogen-bond donors (Lipinski definition) is 0. The van der Waals surface area contributed by atoms with E-state index < -0.39 is 0 Å². The molecule has 140 valence electrons. The summed E-state index contributed by atoms with van der Waals surface area (Å²) < 4.78 is 10.2. The molecular formula is C21H26FNOS2. The lowest BCUT2D eigenvalue weighted by atomic mass is 9.90. The normalized spacial score (nSPS) is 16.0. The number of thiophene rings is 1. The van der Waals surface area contributed by atoms with Gasteiger partial charge in [-0.15, -0.1) is 11.3 Å². The van der Waals surface area contributed by atoms with E-state index in [1.165, 1.54) is 53.5 Å². The van der Waals surface area contributed by atoms with Gasteiger partial charge in [-0.1, -0.05) is 18.2 Å². The Morgan fingerprint density at radius 1 is 1.08 bits per heavy atom. The maximum Gasteiger partial charge on any atom is 0.264 e. The summed E-state index contributed by atoms with van der Waals surface area (Å²) in [5, 5.41) is 0. The SMILES string of the molecule is CSF.Cc1cc(-c2ccc3c(c2)CCCC3)sc1C(=O)N1CCCC1. The van der Waals surface area contributed by atoms with Crippen LogP contribution >= 0.6 is 23.5 Å². The number of aryl methyl sites for hydroxylation is 3. The topological polar surface area (TPSA) is 20.3 Å². The molecule has 1 aromatic heterocycles. The smallest absolute Gasteiger partial charge is 0.264 e. The standard InChI is InChI=1S/C20H23NOS.CH3FS/c1-14-12-18(23-19(14)20(22)21-10-4-5-11-21)17-9-8-15-6-2-3-7-16(15)13-17;1-3-2/h8-9,12-13H,2-7,10-11H2,1H3;1H3. The largest absolute Gasteiger partial charge is 0.338 e. The molecule has 0 spiro atoms. The van der Waals surface area contributed by atoms with Crippen molar-refractivity contribution in [2.24, 2.45) is 0 Å². The Hall–Kier alpha value is -1.33. The lowest BCUT2D eigenvalue weighted by molar-refractivity contribution is 0.0797. The number of halogens is 1. The molecule has 1 aromatic carbocycles. The Morgan fingerprint density at radius 3 is 2.42 bits per heavy atom. The maximum absolute atomic E-state index is 12.7. The number of carbonyl (C=O) groups excluding carboxylic acids is 1. The summed E-state index contributed by atoms with van der Waals surface area (Å²) in [4.78, 5) is 16.9. The zero-order valence-corrected chi connectivity index (χ0v) is 17.1. The molecule has 0 bridgehead atoms. The molecule has 1 aliphatic heterocycles. The van der Waals surface area contributed by atoms with Crippen LogP contribution in [0, 0.1) is 6.92 Å². The van der Waals surface area contributed by atoms with Crippen molar-refractivity contribution in [3.05, 3.63) is 45.8 Å². The van der Waals surface area contributed by atoms with Gasteiger partial charge in [0.15, 0.2) is 0 Å². The van der Waals surface area contributed by atoms with Crippen molar-refractivity contribution in [1.82, 2.24) is 4.90 Å². The van der Waals surface area contributed by atoms with Crippen molar-refractivity contribution in [2.75, 3.05) is 19.3 Å². The van der Waals surface area contributed by atoms with Crippen LogP contribution in [0.15, 0.2) is 24.3 Å². The maximum atomic E-state index is 12.7. The Balaban J connectivity index is 0.000000613. The number of hydrogen-bond acceptors (Lipinski definition) is 3. The summed E-state index contributed by atoms with van der Waals surface area (Å²) in [7, 11) is 0. The highest BCUT2D eigenvalue weighted by Gasteiger charge is 2.23. The molecule has 4 rings (SSSR count). The zero-order valence-electron chi connectivity index (χ0n) is 15.5. The van der Waals surface area contributed by atoms with E-state index in [4.69, 9.17) is 0 Å². The first-order chi connectivity index (χ1) is 12.6. The quantitative estimate of drug-likeness (QED) is 0.619. The van der Waals surface area contributed by atoms with Crippen LogP contribution in [0.3, 0.4) is 0 Å². The van der Waals surface area contributed by atoms with E-state index in [2.05, 4.69) is 31.2 Å². The van der Waals surface area contributed by atoms with Crippen LogP contribution in [0.1, 0.15) is 52.0 Å². The van der Waals surface area contributed by atoms with Crippen molar-refractivity contribution in [3.8, 4) is 10.4 Å². The molecule has 0 unspecified atom stereocenters. The first-order valence-corrected chi connectivity index (χ1v) is 11.2. The highest BCUT2D eigenvalue weighted by atomic mass is 32.2. The number of carbonyl (C=O) groups is 1. The number of likely N-dealkylation sites (tertiary alicyclic amines) is 1. The Morgan fingerprint density at radius 2 is 1.73 bits per heavy atom. The average Bonchev–Trinajstić information content (AvgIpc) is 3.31. The fourth-order valence-electron chi connectivity index (χ4n) is 3.79. The van der Waals surface area contributed by atoms with Crippen LogP contribution < -0.4 is 0 Å². The third-order valence-electron chi connectivity index (χ3n) is 5.14. The van der Waals surface area contributed by atoms with Gasteiger partial charge in [0.1, 0.15) is 0 Å². The zero-order chi connectivity index (χ0) is 18.5. The van der Waals surface area contributed by atoms with Gasteiger partial charge in [0.25, 0.3) is 5.91 Å². The molecular weight excluding hydrogens is 365 g/mol. The summed E-state index contributed by atoms with van der Waals surface area (Å²) >= 11 is 1.92. The molecule has 0 radical (unpaired) electrons. The first-order valence-electron chi connectivity index (χ1n) is 9.30. The molecule has 0 atom stereocenters. The van der Waals surface area contributed by atoms with Crippen molar-refractivity contribution >= 4 is 29.4 Å². The molecule has 5 heteroatoms. The van der Waals surface area contributed by atoms with Gasteiger partial charge in [-0.25, -0.2) is 0 Å². The number of fused-ring (bicyclic) bond motifs is 1. The van der Waals surface area contributed by atoms with Crippen molar-refractivity contribution in [2.45, 2.75) is 45.4 Å². The number of nitrogens with zero attached hydrogens (tertiary/aromatic N) is 1. The van der Waals surface area contributed by atoms with Gasteiger partial charge in [-0.2, -0.15) is 3.89 Å². The third-order valence-corrected chi connectivity index (χ3v) is 6.41. The summed E-state index contributed by atoms with van der Waals surface area (Å²) in [5.41, 5.74) is 5.42. The molecule has 0 saturated carbocycles. The fourth-order valence-corrected chi connectivity index (χ4v) is 4.92. The summed E-state index contributed by atoms with van der Waals surface area (Å²) in [6.45, 7) is 3.91. The molecule has 2 heterocycles. The molecule has 2 nitrogen and oxygen atoms in total. The van der Waals surface area contributed by atoms with Gasteiger partial charge >= 0.3 is 0 Å². The molecule has 0 N–H and O–H groups in total. The van der Waals surface area contributed by atoms with Crippen molar-refractivity contribution < 1.29 is 8.68 Å². The van der Waals surface area contributed by atoms with E-state index in [-0.39, 0.29) is 18.1 Å². The highest BCUT2D eigenvalue weighted by molar-refractivity contribution is 7.93. The van der Waals surface area contributed by atoms with Gasteiger partial charge in [-0.05, 0) is 73.8 Å². The van der Waals surface area contributed by atoms with Crippen molar-refractivity contribution in [1.29, 1.82) is 0 Å². The number of benzene rings is 1. The van der Waals surface area contributed by atoms with Crippen molar-refractivity contribution in [3.63, 3.8) is 0 Å². The fraction of sp³-hybridized carbons (Fsp3) is 0.476. The minimum Gasteiger partial charge on any atom is -0.338 e. The predicted octanol–water partition coefficient (Wildman–Crippen LogP) is 6.07. The predicted molar refractivity (Wildman–Crippen MR) is 111 cm³/mol. The van der Waals surface area contributed by atoms with Crippen LogP contribution in [0.5, 0.6) is 0 Å². The van der Waals surface area contributed by atoms with Gasteiger partial charge in [0.2, 0.25) is 0 Å². The Kier molecular flexibility index (Phi) is 6.76. The Labute approximate surface area is 164 Å².